The lowest BCUT2D eigenvalue weighted by Gasteiger charge is -2.25. The summed E-state index contributed by atoms with van der Waals surface area (Å²) in [6.45, 7) is 6.45. The lowest BCUT2D eigenvalue weighted by atomic mass is 9.88. The maximum atomic E-state index is 15.9. The highest BCUT2D eigenvalue weighted by atomic mass is 19.1. The first kappa shape index (κ1) is 23.8. The van der Waals surface area contributed by atoms with Crippen molar-refractivity contribution in [3.8, 4) is 11.1 Å². The highest BCUT2D eigenvalue weighted by Gasteiger charge is 2.31. The van der Waals surface area contributed by atoms with Crippen molar-refractivity contribution >= 4 is 11.7 Å². The Hall–Kier alpha value is -3.32. The topological polar surface area (TPSA) is 76.0 Å². The van der Waals surface area contributed by atoms with Crippen LogP contribution in [0.3, 0.4) is 0 Å². The van der Waals surface area contributed by atoms with Gasteiger partial charge in [-0.15, -0.1) is 0 Å². The third kappa shape index (κ3) is 5.09. The fraction of sp³-hybridized carbons (Fsp3) is 0.370. The number of nitrogens with one attached hydrogen (secondary N) is 2. The fourth-order valence-corrected chi connectivity index (χ4v) is 4.48. The van der Waals surface area contributed by atoms with E-state index in [2.05, 4.69) is 15.7 Å². The van der Waals surface area contributed by atoms with Crippen molar-refractivity contribution in [3.63, 3.8) is 0 Å². The van der Waals surface area contributed by atoms with Gasteiger partial charge in [-0.2, -0.15) is 5.10 Å². The van der Waals surface area contributed by atoms with Crippen LogP contribution in [0.5, 0.6) is 0 Å². The zero-order valence-electron chi connectivity index (χ0n) is 19.8. The van der Waals surface area contributed by atoms with Crippen molar-refractivity contribution in [2.24, 2.45) is 0 Å². The molecule has 1 aliphatic rings. The van der Waals surface area contributed by atoms with Gasteiger partial charge in [0, 0.05) is 11.8 Å². The molecule has 1 saturated heterocycles. The summed E-state index contributed by atoms with van der Waals surface area (Å²) in [5.41, 5.74) is 2.83. The quantitative estimate of drug-likeness (QED) is 0.523. The summed E-state index contributed by atoms with van der Waals surface area (Å²) in [5.74, 6) is -0.905. The van der Waals surface area contributed by atoms with Gasteiger partial charge in [0.15, 0.2) is 5.78 Å². The lowest BCUT2D eigenvalue weighted by Crippen LogP contribution is -2.45. The molecule has 1 aromatic heterocycles. The average molecular weight is 463 g/mol. The monoisotopic (exact) mass is 462 g/mol. The van der Waals surface area contributed by atoms with Crippen molar-refractivity contribution in [1.29, 1.82) is 0 Å². The Morgan fingerprint density at radius 1 is 1.15 bits per heavy atom. The fourth-order valence-electron chi connectivity index (χ4n) is 4.48. The van der Waals surface area contributed by atoms with Crippen LogP contribution in [0.15, 0.2) is 54.7 Å². The van der Waals surface area contributed by atoms with Crippen molar-refractivity contribution in [1.82, 2.24) is 20.4 Å². The number of nitrogens with zero attached hydrogens (tertiary/aromatic N) is 2. The summed E-state index contributed by atoms with van der Waals surface area (Å²) in [6, 6.07) is 13.1. The molecule has 2 unspecified atom stereocenters. The molecular weight excluding hydrogens is 431 g/mol. The number of benzene rings is 2. The molecule has 1 fully saturated rings. The summed E-state index contributed by atoms with van der Waals surface area (Å²) in [5, 5.41) is 10.4. The zero-order valence-corrected chi connectivity index (χ0v) is 19.8. The molecule has 6 nitrogen and oxygen atoms in total. The molecule has 3 aromatic rings. The van der Waals surface area contributed by atoms with Crippen LogP contribution in [0.1, 0.15) is 55.5 Å². The number of ketones is 1. The van der Waals surface area contributed by atoms with Gasteiger partial charge in [-0.05, 0) is 55.0 Å². The number of hydrogen-bond acceptors (Lipinski definition) is 4. The van der Waals surface area contributed by atoms with Gasteiger partial charge in [-0.3, -0.25) is 14.3 Å². The van der Waals surface area contributed by atoms with E-state index in [1.165, 1.54) is 0 Å². The minimum atomic E-state index is -1.01. The van der Waals surface area contributed by atoms with Crippen molar-refractivity contribution in [2.75, 3.05) is 6.54 Å². The normalized spacial score (nSPS) is 16.6. The van der Waals surface area contributed by atoms with E-state index in [4.69, 9.17) is 0 Å². The van der Waals surface area contributed by atoms with Crippen molar-refractivity contribution in [2.45, 2.75) is 58.2 Å². The molecule has 0 radical (unpaired) electrons. The summed E-state index contributed by atoms with van der Waals surface area (Å²) in [4.78, 5) is 26.6. The smallest absolute Gasteiger partial charge is 0.237 e. The molecule has 2 aromatic carbocycles. The first-order valence-electron chi connectivity index (χ1n) is 11.8. The number of halogens is 1. The minimum Gasteiger partial charge on any atom is -0.341 e. The Kier molecular flexibility index (Phi) is 7.22. The van der Waals surface area contributed by atoms with Crippen LogP contribution in [-0.4, -0.2) is 34.1 Å². The van der Waals surface area contributed by atoms with E-state index in [0.717, 1.165) is 18.7 Å². The van der Waals surface area contributed by atoms with E-state index >= 15 is 4.39 Å². The highest BCUT2D eigenvalue weighted by molar-refractivity contribution is 5.93. The second-order valence-electron chi connectivity index (χ2n) is 9.17. The van der Waals surface area contributed by atoms with Gasteiger partial charge in [-0.25, -0.2) is 4.39 Å². The number of carbonyl (C=O) groups is 2. The van der Waals surface area contributed by atoms with Crippen LogP contribution in [-0.2, 0) is 16.1 Å². The highest BCUT2D eigenvalue weighted by Crippen LogP contribution is 2.35. The second kappa shape index (κ2) is 10.3. The van der Waals surface area contributed by atoms with E-state index < -0.39 is 6.04 Å². The molecule has 2 heterocycles. The standard InChI is InChI=1S/C27H31FN4O2/c1-17(2)20-11-12-21(24(25(20)28)19-8-5-4-6-9-19)26(30-27(34)22-10-7-14-29-22)23(33)16-32-15-13-18(3)31-32/h4-6,8-9,11-13,15,17,22,26,29H,7,10,14,16H2,1-3H3,(H,30,34). The van der Waals surface area contributed by atoms with Gasteiger partial charge in [0.1, 0.15) is 18.4 Å². The Morgan fingerprint density at radius 2 is 1.88 bits per heavy atom. The van der Waals surface area contributed by atoms with Crippen LogP contribution in [0, 0.1) is 12.7 Å². The van der Waals surface area contributed by atoms with E-state index in [9.17, 15) is 9.59 Å². The van der Waals surface area contributed by atoms with E-state index in [0.29, 0.717) is 28.7 Å². The number of amides is 1. The minimum absolute atomic E-state index is 0.0291. The SMILES string of the molecule is Cc1ccn(CC(=O)C(NC(=O)C2CCCN2)c2ccc(C(C)C)c(F)c2-c2ccccc2)n1. The van der Waals surface area contributed by atoms with Crippen molar-refractivity contribution in [3.05, 3.63) is 77.4 Å². The number of Topliss-reactive ketones (excluding diaryl/α,β-unsaturated/α-hetero) is 1. The molecule has 0 bridgehead atoms. The molecule has 0 spiro atoms. The molecule has 7 heteroatoms. The molecule has 4 rings (SSSR count). The summed E-state index contributed by atoms with van der Waals surface area (Å²) < 4.78 is 17.5. The molecule has 2 atom stereocenters. The van der Waals surface area contributed by atoms with Crippen LogP contribution < -0.4 is 10.6 Å². The van der Waals surface area contributed by atoms with Crippen LogP contribution in [0.4, 0.5) is 4.39 Å². The molecule has 0 saturated carbocycles. The number of rotatable bonds is 8. The first-order chi connectivity index (χ1) is 16.3. The Balaban J connectivity index is 1.80. The molecule has 1 aliphatic heterocycles. The number of carbonyl (C=O) groups excluding carboxylic acids is 2. The van der Waals surface area contributed by atoms with E-state index in [1.54, 1.807) is 23.0 Å². The maximum Gasteiger partial charge on any atom is 0.237 e. The largest absolute Gasteiger partial charge is 0.341 e. The van der Waals surface area contributed by atoms with Crippen LogP contribution >= 0.6 is 0 Å². The van der Waals surface area contributed by atoms with E-state index in [-0.39, 0.29) is 36.0 Å². The van der Waals surface area contributed by atoms with Gasteiger partial charge in [-0.1, -0.05) is 56.3 Å². The molecule has 34 heavy (non-hydrogen) atoms. The Morgan fingerprint density at radius 3 is 2.50 bits per heavy atom. The summed E-state index contributed by atoms with van der Waals surface area (Å²) in [6.07, 6.45) is 3.33. The summed E-state index contributed by atoms with van der Waals surface area (Å²) >= 11 is 0. The van der Waals surface area contributed by atoms with Gasteiger partial charge in [0.05, 0.1) is 11.7 Å². The van der Waals surface area contributed by atoms with E-state index in [1.807, 2.05) is 57.2 Å². The number of hydrogen-bond donors (Lipinski definition) is 2. The third-order valence-electron chi connectivity index (χ3n) is 6.28. The molecule has 1 amide bonds. The first-order valence-corrected chi connectivity index (χ1v) is 11.8. The molecule has 178 valence electrons. The Bertz CT molecular complexity index is 1170. The van der Waals surface area contributed by atoms with Gasteiger partial charge in [0.2, 0.25) is 5.91 Å². The zero-order chi connectivity index (χ0) is 24.2. The molecule has 2 N–H and O–H groups in total. The van der Waals surface area contributed by atoms with Gasteiger partial charge < -0.3 is 10.6 Å². The van der Waals surface area contributed by atoms with Gasteiger partial charge in [0.25, 0.3) is 0 Å². The van der Waals surface area contributed by atoms with Crippen LogP contribution in [0.2, 0.25) is 0 Å². The maximum absolute atomic E-state index is 15.9. The number of aryl methyl sites for hydroxylation is 1. The van der Waals surface area contributed by atoms with Crippen molar-refractivity contribution < 1.29 is 14.0 Å². The second-order valence-corrected chi connectivity index (χ2v) is 9.17. The predicted octanol–water partition coefficient (Wildman–Crippen LogP) is 4.30. The third-order valence-corrected chi connectivity index (χ3v) is 6.28. The lowest BCUT2D eigenvalue weighted by molar-refractivity contribution is -0.129. The molecule has 0 aliphatic carbocycles. The molecular formula is C27H31FN4O2. The van der Waals surface area contributed by atoms with Crippen LogP contribution in [0.25, 0.3) is 11.1 Å². The number of aromatic nitrogens is 2. The Labute approximate surface area is 199 Å². The summed E-state index contributed by atoms with van der Waals surface area (Å²) in [7, 11) is 0. The predicted molar refractivity (Wildman–Crippen MR) is 130 cm³/mol. The van der Waals surface area contributed by atoms with Gasteiger partial charge >= 0.3 is 0 Å². The average Bonchev–Trinajstić information content (AvgIpc) is 3.49.